The van der Waals surface area contributed by atoms with Crippen LogP contribution in [0.15, 0.2) is 81.2 Å². The monoisotopic (exact) mass is 890 g/mol. The van der Waals surface area contributed by atoms with Crippen molar-refractivity contribution in [3.63, 3.8) is 0 Å². The van der Waals surface area contributed by atoms with Gasteiger partial charge in [0.25, 0.3) is 5.91 Å². The second kappa shape index (κ2) is 14.1. The molecule has 2 bridgehead atoms. The van der Waals surface area contributed by atoms with Crippen LogP contribution in [0.2, 0.25) is 0 Å². The SMILES string of the molecule is Cc1cc(-n2nc3c(c2-n2ccn(-c4ccc5c(cnn5C)c4C)c2=O)[C@@H]2CC[C@H](C3)N2C(=O)c2cc3cc([C@H]4CCOC(C)(C)C4)ccc3n2[C@@]2(c3noc(=O)[nH]3)C[C@@H]2C)cc(C)c1F. The number of nitrogens with zero attached hydrogens (tertiary/aromatic N) is 9. The largest absolute Gasteiger partial charge is 0.438 e. The molecule has 1 amide bonds. The quantitative estimate of drug-likeness (QED) is 0.170. The number of ether oxygens (including phenoxy) is 1. The standard InChI is InChI=1S/C50H51FN10O5/c1-26-18-34(19-27(2)43(26)51)61-44(58-16-15-57(48(58)64)37-12-13-39-35(29(37)4)25-52-56(39)7)42-36(54-61)22-33-9-11-40(42)59(33)45(62)41-21-32-20-30(31-14-17-65-49(5,6)24-31)8-10-38(32)60(41)50(23-28(50)3)46-53-47(63)66-55-46/h8,10,12-13,15-16,18-21,25,28,31,33,40H,9,11,14,17,22-24H2,1-7H3,(H,53,55,63)/t28-,31-,33+,40-,50-/m0/s1. The molecule has 16 heteroatoms. The number of amides is 1. The van der Waals surface area contributed by atoms with E-state index < -0.39 is 17.3 Å². The van der Waals surface area contributed by atoms with Crippen molar-refractivity contribution in [3.8, 4) is 17.2 Å². The summed E-state index contributed by atoms with van der Waals surface area (Å²) in [5.41, 5.74) is 6.90. The van der Waals surface area contributed by atoms with Crippen LogP contribution in [0.3, 0.4) is 0 Å². The Kier molecular flexibility index (Phi) is 8.69. The molecule has 3 aliphatic heterocycles. The van der Waals surface area contributed by atoms with Crippen LogP contribution in [-0.2, 0) is 23.7 Å². The summed E-state index contributed by atoms with van der Waals surface area (Å²) in [6.45, 7) is 12.5. The summed E-state index contributed by atoms with van der Waals surface area (Å²) in [6, 6.07) is 15.3. The van der Waals surface area contributed by atoms with Gasteiger partial charge in [0.2, 0.25) is 0 Å². The molecular formula is C50H51FN10O5. The zero-order chi connectivity index (χ0) is 45.7. The lowest BCUT2D eigenvalue weighted by Gasteiger charge is -2.36. The molecule has 1 saturated carbocycles. The van der Waals surface area contributed by atoms with Crippen molar-refractivity contribution in [2.45, 2.75) is 109 Å². The number of rotatable bonds is 7. The molecule has 4 aliphatic rings. The molecule has 66 heavy (non-hydrogen) atoms. The van der Waals surface area contributed by atoms with E-state index in [2.05, 4.69) is 58.8 Å². The number of carbonyl (C=O) groups is 1. The predicted molar refractivity (Wildman–Crippen MR) is 244 cm³/mol. The number of aromatic amines is 1. The van der Waals surface area contributed by atoms with Crippen molar-refractivity contribution in [3.05, 3.63) is 139 Å². The molecule has 5 aromatic heterocycles. The number of imidazole rings is 1. The molecule has 1 N–H and O–H groups in total. The number of aryl methyl sites for hydroxylation is 4. The van der Waals surface area contributed by atoms with Gasteiger partial charge in [0, 0.05) is 60.4 Å². The van der Waals surface area contributed by atoms with Crippen molar-refractivity contribution in [1.29, 1.82) is 0 Å². The van der Waals surface area contributed by atoms with Gasteiger partial charge >= 0.3 is 11.4 Å². The van der Waals surface area contributed by atoms with Crippen LogP contribution >= 0.6 is 0 Å². The molecule has 0 unspecified atom stereocenters. The van der Waals surface area contributed by atoms with Crippen LogP contribution in [0.4, 0.5) is 4.39 Å². The minimum Gasteiger partial charge on any atom is -0.376 e. The van der Waals surface area contributed by atoms with Gasteiger partial charge in [-0.05, 0) is 143 Å². The third kappa shape index (κ3) is 5.82. The van der Waals surface area contributed by atoms with Gasteiger partial charge in [-0.25, -0.2) is 18.7 Å². The lowest BCUT2D eigenvalue weighted by atomic mass is 9.83. The van der Waals surface area contributed by atoms with Gasteiger partial charge in [-0.1, -0.05) is 18.1 Å². The molecule has 15 nitrogen and oxygen atoms in total. The summed E-state index contributed by atoms with van der Waals surface area (Å²) >= 11 is 0. The fraction of sp³-hybridized carbons (Fsp3) is 0.400. The number of hydrogen-bond donors (Lipinski definition) is 1. The molecular weight excluding hydrogens is 840 g/mol. The lowest BCUT2D eigenvalue weighted by molar-refractivity contribution is -0.0592. The number of aromatic nitrogens is 9. The highest BCUT2D eigenvalue weighted by Gasteiger charge is 2.59. The van der Waals surface area contributed by atoms with E-state index in [0.717, 1.165) is 63.6 Å². The van der Waals surface area contributed by atoms with E-state index in [-0.39, 0.29) is 35.0 Å². The van der Waals surface area contributed by atoms with Crippen molar-refractivity contribution >= 4 is 27.7 Å². The van der Waals surface area contributed by atoms with Gasteiger partial charge in [-0.3, -0.25) is 28.1 Å². The molecule has 3 aromatic carbocycles. The van der Waals surface area contributed by atoms with E-state index >= 15 is 9.18 Å². The summed E-state index contributed by atoms with van der Waals surface area (Å²) in [7, 11) is 1.89. The molecule has 0 spiro atoms. The van der Waals surface area contributed by atoms with Gasteiger partial charge in [0.15, 0.2) is 5.82 Å². The topological polar surface area (TPSA) is 156 Å². The van der Waals surface area contributed by atoms with E-state index in [9.17, 15) is 9.59 Å². The first-order valence-electron chi connectivity index (χ1n) is 22.9. The lowest BCUT2D eigenvalue weighted by Crippen LogP contribution is -2.43. The Bertz CT molecular complexity index is 3450. The van der Waals surface area contributed by atoms with Crippen LogP contribution in [0.1, 0.15) is 115 Å². The minimum atomic E-state index is -0.817. The third-order valence-electron chi connectivity index (χ3n) is 15.3. The maximum absolute atomic E-state index is 15.8. The Morgan fingerprint density at radius 3 is 2.42 bits per heavy atom. The average Bonchev–Trinajstić information content (AvgIpc) is 3.99. The van der Waals surface area contributed by atoms with Crippen molar-refractivity contribution < 1.29 is 18.4 Å². The Balaban J connectivity index is 1.02. The number of halogens is 1. The highest BCUT2D eigenvalue weighted by molar-refractivity contribution is 6.00. The van der Waals surface area contributed by atoms with Gasteiger partial charge in [0.05, 0.1) is 40.4 Å². The normalized spacial score (nSPS) is 23.3. The maximum Gasteiger partial charge on any atom is 0.438 e. The molecule has 1 aliphatic carbocycles. The highest BCUT2D eigenvalue weighted by atomic mass is 19.1. The number of H-pyrrole nitrogens is 1. The zero-order valence-electron chi connectivity index (χ0n) is 38.1. The van der Waals surface area contributed by atoms with Crippen LogP contribution in [0.25, 0.3) is 39.0 Å². The van der Waals surface area contributed by atoms with E-state index in [1.54, 1.807) is 52.2 Å². The molecule has 12 rings (SSSR count). The van der Waals surface area contributed by atoms with E-state index in [4.69, 9.17) is 14.4 Å². The first kappa shape index (κ1) is 40.7. The molecule has 8 heterocycles. The Morgan fingerprint density at radius 2 is 1.70 bits per heavy atom. The molecule has 8 aromatic rings. The van der Waals surface area contributed by atoms with Gasteiger partial charge in [0.1, 0.15) is 22.9 Å². The second-order valence-electron chi connectivity index (χ2n) is 19.8. The first-order valence-corrected chi connectivity index (χ1v) is 22.9. The molecule has 338 valence electrons. The van der Waals surface area contributed by atoms with Gasteiger partial charge in [-0.15, -0.1) is 0 Å². The fourth-order valence-electron chi connectivity index (χ4n) is 11.9. The summed E-state index contributed by atoms with van der Waals surface area (Å²) < 4.78 is 35.3. The van der Waals surface area contributed by atoms with Crippen molar-refractivity contribution in [2.24, 2.45) is 13.0 Å². The second-order valence-corrected chi connectivity index (χ2v) is 19.8. The summed E-state index contributed by atoms with van der Waals surface area (Å²) in [5, 5.41) is 15.8. The fourth-order valence-corrected chi connectivity index (χ4v) is 11.9. The zero-order valence-corrected chi connectivity index (χ0v) is 38.1. The number of fused-ring (bicyclic) bond motifs is 6. The van der Waals surface area contributed by atoms with Crippen LogP contribution in [0.5, 0.6) is 0 Å². The molecule has 3 fully saturated rings. The predicted octanol–water partition coefficient (Wildman–Crippen LogP) is 7.75. The number of nitrogens with one attached hydrogen (secondary N) is 1. The van der Waals surface area contributed by atoms with E-state index in [1.165, 1.54) is 5.56 Å². The number of hydrogen-bond acceptors (Lipinski definition) is 8. The van der Waals surface area contributed by atoms with Gasteiger partial charge in [-0.2, -0.15) is 10.2 Å². The Morgan fingerprint density at radius 1 is 0.939 bits per heavy atom. The van der Waals surface area contributed by atoms with Crippen molar-refractivity contribution in [1.82, 2.24) is 48.3 Å². The van der Waals surface area contributed by atoms with E-state index in [0.29, 0.717) is 65.9 Å². The first-order chi connectivity index (χ1) is 31.6. The minimum absolute atomic E-state index is 0.0342. The summed E-state index contributed by atoms with van der Waals surface area (Å²) in [6.07, 6.45) is 9.61. The average molecular weight is 891 g/mol. The maximum atomic E-state index is 15.8. The number of carbonyl (C=O) groups excluding carboxylic acids is 1. The highest BCUT2D eigenvalue weighted by Crippen LogP contribution is 2.57. The molecule has 0 radical (unpaired) electrons. The van der Waals surface area contributed by atoms with Gasteiger partial charge < -0.3 is 14.2 Å². The molecule has 2 saturated heterocycles. The number of benzene rings is 3. The van der Waals surface area contributed by atoms with Crippen LogP contribution in [-0.4, -0.2) is 72.5 Å². The Labute approximate surface area is 378 Å². The van der Waals surface area contributed by atoms with Crippen LogP contribution < -0.4 is 11.4 Å². The third-order valence-corrected chi connectivity index (χ3v) is 15.3. The smallest absolute Gasteiger partial charge is 0.376 e. The molecule has 5 atom stereocenters. The van der Waals surface area contributed by atoms with E-state index in [1.807, 2.05) is 47.9 Å². The summed E-state index contributed by atoms with van der Waals surface area (Å²) in [5.74, 6) is 0.134. The van der Waals surface area contributed by atoms with Crippen molar-refractivity contribution in [2.75, 3.05) is 6.61 Å². The Hall–Kier alpha value is -6.81. The summed E-state index contributed by atoms with van der Waals surface area (Å²) in [4.78, 5) is 48.1. The van der Waals surface area contributed by atoms with Crippen LogP contribution in [0, 0.1) is 32.5 Å².